The molecule has 0 aromatic rings. The number of carbonyl (C=O) groups excluding carboxylic acids is 1. The zero-order valence-corrected chi connectivity index (χ0v) is 11.4. The molecule has 1 aliphatic carbocycles. The summed E-state index contributed by atoms with van der Waals surface area (Å²) in [5.74, 6) is 1.57. The third-order valence-electron chi connectivity index (χ3n) is 4.23. The molecule has 1 saturated carbocycles. The van der Waals surface area contributed by atoms with Crippen LogP contribution in [0.25, 0.3) is 0 Å². The highest BCUT2D eigenvalue weighted by atomic mass is 16.5. The van der Waals surface area contributed by atoms with Crippen LogP contribution in [0.3, 0.4) is 0 Å². The highest BCUT2D eigenvalue weighted by Gasteiger charge is 2.31. The predicted octanol–water partition coefficient (Wildman–Crippen LogP) is 2.73. The first kappa shape index (κ1) is 14.5. The van der Waals surface area contributed by atoms with Gasteiger partial charge in [0.05, 0.1) is 13.5 Å². The van der Waals surface area contributed by atoms with Crippen molar-refractivity contribution in [3.05, 3.63) is 0 Å². The minimum absolute atomic E-state index is 0.114. The fourth-order valence-electron chi connectivity index (χ4n) is 3.12. The van der Waals surface area contributed by atoms with E-state index in [4.69, 9.17) is 10.5 Å². The summed E-state index contributed by atoms with van der Waals surface area (Å²) in [6.07, 6.45) is 6.47. The smallest absolute Gasteiger partial charge is 0.305 e. The number of hydrogen-bond acceptors (Lipinski definition) is 3. The third kappa shape index (κ3) is 4.30. The summed E-state index contributed by atoms with van der Waals surface area (Å²) >= 11 is 0. The van der Waals surface area contributed by atoms with Crippen molar-refractivity contribution < 1.29 is 9.53 Å². The molecule has 0 aromatic heterocycles. The second-order valence-corrected chi connectivity index (χ2v) is 5.55. The van der Waals surface area contributed by atoms with Gasteiger partial charge in [-0.3, -0.25) is 4.79 Å². The topological polar surface area (TPSA) is 52.3 Å². The number of ether oxygens (including phenoxy) is 1. The Kier molecular flexibility index (Phi) is 5.96. The maximum Gasteiger partial charge on any atom is 0.305 e. The molecule has 0 bridgehead atoms. The molecule has 2 N–H and O–H groups in total. The molecule has 0 spiro atoms. The van der Waals surface area contributed by atoms with Crippen LogP contribution in [0.1, 0.15) is 52.4 Å². The minimum Gasteiger partial charge on any atom is -0.469 e. The molecule has 0 saturated heterocycles. The van der Waals surface area contributed by atoms with E-state index in [0.29, 0.717) is 18.3 Å². The molecule has 0 aromatic carbocycles. The molecule has 0 amide bonds. The van der Waals surface area contributed by atoms with Gasteiger partial charge in [-0.25, -0.2) is 0 Å². The van der Waals surface area contributed by atoms with Crippen molar-refractivity contribution in [3.8, 4) is 0 Å². The van der Waals surface area contributed by atoms with Gasteiger partial charge in [0.15, 0.2) is 0 Å². The maximum absolute atomic E-state index is 11.5. The van der Waals surface area contributed by atoms with Crippen LogP contribution in [0.4, 0.5) is 0 Å². The van der Waals surface area contributed by atoms with Crippen LogP contribution in [0.15, 0.2) is 0 Å². The fourth-order valence-corrected chi connectivity index (χ4v) is 3.12. The standard InChI is InChI=1S/C14H27NO2/c1-4-13(15)12(9-14(16)17-3)11-7-5-6-10(2)8-11/h10-13H,4-9,15H2,1-3H3. The molecule has 4 unspecified atom stereocenters. The van der Waals surface area contributed by atoms with Crippen molar-refractivity contribution >= 4 is 5.97 Å². The van der Waals surface area contributed by atoms with Crippen LogP contribution in [-0.2, 0) is 9.53 Å². The quantitative estimate of drug-likeness (QED) is 0.753. The lowest BCUT2D eigenvalue weighted by atomic mass is 9.72. The molecular formula is C14H27NO2. The highest BCUT2D eigenvalue weighted by Crippen LogP contribution is 2.36. The van der Waals surface area contributed by atoms with E-state index in [0.717, 1.165) is 12.3 Å². The molecule has 1 fully saturated rings. The summed E-state index contributed by atoms with van der Waals surface area (Å²) < 4.78 is 4.80. The van der Waals surface area contributed by atoms with Crippen molar-refractivity contribution in [1.29, 1.82) is 0 Å². The first-order valence-corrected chi connectivity index (χ1v) is 6.90. The lowest BCUT2D eigenvalue weighted by molar-refractivity contribution is -0.142. The average Bonchev–Trinajstić information content (AvgIpc) is 2.34. The Balaban J connectivity index is 2.64. The van der Waals surface area contributed by atoms with Crippen molar-refractivity contribution in [1.82, 2.24) is 0 Å². The minimum atomic E-state index is -0.114. The van der Waals surface area contributed by atoms with E-state index in [1.165, 1.54) is 32.8 Å². The van der Waals surface area contributed by atoms with E-state index in [1.807, 2.05) is 0 Å². The predicted molar refractivity (Wildman–Crippen MR) is 69.5 cm³/mol. The van der Waals surface area contributed by atoms with Gasteiger partial charge in [0.25, 0.3) is 0 Å². The Morgan fingerprint density at radius 1 is 1.47 bits per heavy atom. The van der Waals surface area contributed by atoms with E-state index in [9.17, 15) is 4.79 Å². The molecule has 3 nitrogen and oxygen atoms in total. The molecule has 4 atom stereocenters. The average molecular weight is 241 g/mol. The van der Waals surface area contributed by atoms with Gasteiger partial charge in [-0.05, 0) is 30.6 Å². The molecule has 0 aliphatic heterocycles. The molecule has 17 heavy (non-hydrogen) atoms. The Hall–Kier alpha value is -0.570. The summed E-state index contributed by atoms with van der Waals surface area (Å²) in [6.45, 7) is 4.40. The van der Waals surface area contributed by atoms with Crippen molar-refractivity contribution in [2.75, 3.05) is 7.11 Å². The van der Waals surface area contributed by atoms with Gasteiger partial charge in [0.1, 0.15) is 0 Å². The lowest BCUT2D eigenvalue weighted by Gasteiger charge is -2.35. The molecule has 0 radical (unpaired) electrons. The van der Waals surface area contributed by atoms with Crippen LogP contribution in [0.2, 0.25) is 0 Å². The summed E-state index contributed by atoms with van der Waals surface area (Å²) in [6, 6.07) is 0.129. The zero-order valence-electron chi connectivity index (χ0n) is 11.4. The normalized spacial score (nSPS) is 28.5. The van der Waals surface area contributed by atoms with Gasteiger partial charge in [-0.1, -0.05) is 33.1 Å². The van der Waals surface area contributed by atoms with Crippen molar-refractivity contribution in [3.63, 3.8) is 0 Å². The number of methoxy groups -OCH3 is 1. The number of esters is 1. The molecule has 1 rings (SSSR count). The maximum atomic E-state index is 11.5. The van der Waals surface area contributed by atoms with E-state index < -0.39 is 0 Å². The Labute approximate surface area is 105 Å². The van der Waals surface area contributed by atoms with E-state index in [-0.39, 0.29) is 12.0 Å². The number of nitrogens with two attached hydrogens (primary N) is 1. The van der Waals surface area contributed by atoms with E-state index in [1.54, 1.807) is 0 Å². The number of hydrogen-bond donors (Lipinski definition) is 1. The van der Waals surface area contributed by atoms with Gasteiger partial charge < -0.3 is 10.5 Å². The monoisotopic (exact) mass is 241 g/mol. The Morgan fingerprint density at radius 2 is 2.18 bits per heavy atom. The summed E-state index contributed by atoms with van der Waals surface area (Å²) in [5.41, 5.74) is 6.19. The first-order valence-electron chi connectivity index (χ1n) is 6.90. The summed E-state index contributed by atoms with van der Waals surface area (Å²) in [4.78, 5) is 11.5. The van der Waals surface area contributed by atoms with Gasteiger partial charge >= 0.3 is 5.97 Å². The second-order valence-electron chi connectivity index (χ2n) is 5.55. The fraction of sp³-hybridized carbons (Fsp3) is 0.929. The van der Waals surface area contributed by atoms with E-state index in [2.05, 4.69) is 13.8 Å². The van der Waals surface area contributed by atoms with Crippen LogP contribution >= 0.6 is 0 Å². The molecule has 100 valence electrons. The first-order chi connectivity index (χ1) is 8.08. The van der Waals surface area contributed by atoms with Gasteiger partial charge in [0, 0.05) is 6.04 Å². The summed E-state index contributed by atoms with van der Waals surface area (Å²) in [7, 11) is 1.46. The number of rotatable bonds is 5. The van der Waals surface area contributed by atoms with Gasteiger partial charge in [-0.2, -0.15) is 0 Å². The number of carbonyl (C=O) groups is 1. The Morgan fingerprint density at radius 3 is 2.71 bits per heavy atom. The third-order valence-corrected chi connectivity index (χ3v) is 4.23. The second kappa shape index (κ2) is 7.00. The molecular weight excluding hydrogens is 214 g/mol. The summed E-state index contributed by atoms with van der Waals surface area (Å²) in [5, 5.41) is 0. The van der Waals surface area contributed by atoms with Crippen LogP contribution in [0, 0.1) is 17.8 Å². The van der Waals surface area contributed by atoms with Crippen LogP contribution < -0.4 is 5.73 Å². The SMILES string of the molecule is CCC(N)C(CC(=O)OC)C1CCCC(C)C1. The van der Waals surface area contributed by atoms with Crippen LogP contribution in [-0.4, -0.2) is 19.1 Å². The van der Waals surface area contributed by atoms with Gasteiger partial charge in [-0.15, -0.1) is 0 Å². The lowest BCUT2D eigenvalue weighted by Crippen LogP contribution is -2.38. The zero-order chi connectivity index (χ0) is 12.8. The van der Waals surface area contributed by atoms with Crippen LogP contribution in [0.5, 0.6) is 0 Å². The van der Waals surface area contributed by atoms with Gasteiger partial charge in [0.2, 0.25) is 0 Å². The molecule has 1 aliphatic rings. The highest BCUT2D eigenvalue weighted by molar-refractivity contribution is 5.69. The van der Waals surface area contributed by atoms with Crippen molar-refractivity contribution in [2.24, 2.45) is 23.5 Å². The molecule has 3 heteroatoms. The van der Waals surface area contributed by atoms with E-state index >= 15 is 0 Å². The Bertz CT molecular complexity index is 242. The van der Waals surface area contributed by atoms with Crippen molar-refractivity contribution in [2.45, 2.75) is 58.4 Å². The molecule has 0 heterocycles. The largest absolute Gasteiger partial charge is 0.469 e.